The van der Waals surface area contributed by atoms with Crippen LogP contribution in [0.15, 0.2) is 29.3 Å². The first-order valence-corrected chi connectivity index (χ1v) is 11.0. The maximum Gasteiger partial charge on any atom is 0.433 e. The first-order chi connectivity index (χ1) is 13.7. The standard InChI is InChI=1S/C16H15ClF3N5O3S2/c1-15(7-30(27,28)25(2)14(21)24-15)12-8(17)6-9(29-12)13(26)23-11-5-3-4-10(22-11)16(18,19)20/h3-6H,7H2,1-2H3,(H2,21,24)(H,22,23,26)/t15-/m0/s1. The lowest BCUT2D eigenvalue weighted by Crippen LogP contribution is -2.50. The molecule has 0 fully saturated rings. The van der Waals surface area contributed by atoms with E-state index < -0.39 is 39.1 Å². The third kappa shape index (κ3) is 4.23. The number of carbonyl (C=O) groups is 1. The molecule has 162 valence electrons. The summed E-state index contributed by atoms with van der Waals surface area (Å²) in [6.07, 6.45) is -4.66. The smallest absolute Gasteiger partial charge is 0.369 e. The van der Waals surface area contributed by atoms with Gasteiger partial charge in [0.2, 0.25) is 16.0 Å². The number of thiophene rings is 1. The summed E-state index contributed by atoms with van der Waals surface area (Å²) in [5, 5.41) is 2.36. The van der Waals surface area contributed by atoms with Gasteiger partial charge in [-0.15, -0.1) is 11.3 Å². The molecule has 0 saturated carbocycles. The van der Waals surface area contributed by atoms with Gasteiger partial charge in [-0.2, -0.15) is 13.2 Å². The van der Waals surface area contributed by atoms with Gasteiger partial charge in [0.15, 0.2) is 0 Å². The number of aromatic nitrogens is 1. The second-order valence-corrected chi connectivity index (χ2v) is 10.1. The number of hydrogen-bond donors (Lipinski definition) is 2. The number of carbonyl (C=O) groups excluding carboxylic acids is 1. The topological polar surface area (TPSA) is 118 Å². The fraction of sp³-hybridized carbons (Fsp3) is 0.312. The van der Waals surface area contributed by atoms with Crippen molar-refractivity contribution in [3.05, 3.63) is 44.7 Å². The van der Waals surface area contributed by atoms with Crippen molar-refractivity contribution >= 4 is 50.6 Å². The van der Waals surface area contributed by atoms with E-state index in [9.17, 15) is 26.4 Å². The fourth-order valence-corrected chi connectivity index (χ4v) is 5.81. The normalized spacial score (nSPS) is 21.3. The van der Waals surface area contributed by atoms with Crippen molar-refractivity contribution in [1.29, 1.82) is 0 Å². The van der Waals surface area contributed by atoms with E-state index in [1.807, 2.05) is 0 Å². The minimum Gasteiger partial charge on any atom is -0.369 e. The lowest BCUT2D eigenvalue weighted by molar-refractivity contribution is -0.141. The number of guanidine groups is 1. The molecule has 0 aliphatic carbocycles. The van der Waals surface area contributed by atoms with Crippen LogP contribution in [0.4, 0.5) is 19.0 Å². The number of halogens is 4. The lowest BCUT2D eigenvalue weighted by Gasteiger charge is -2.33. The van der Waals surface area contributed by atoms with Crippen LogP contribution in [-0.2, 0) is 21.7 Å². The van der Waals surface area contributed by atoms with Gasteiger partial charge in [-0.25, -0.2) is 22.7 Å². The molecular weight excluding hydrogens is 467 g/mol. The molecule has 0 aromatic carbocycles. The van der Waals surface area contributed by atoms with Crippen LogP contribution in [0.1, 0.15) is 27.2 Å². The van der Waals surface area contributed by atoms with Crippen LogP contribution in [0.25, 0.3) is 0 Å². The maximum absolute atomic E-state index is 12.8. The Bertz CT molecular complexity index is 1150. The van der Waals surface area contributed by atoms with E-state index in [0.717, 1.165) is 27.8 Å². The van der Waals surface area contributed by atoms with Crippen LogP contribution in [0.3, 0.4) is 0 Å². The predicted molar refractivity (Wildman–Crippen MR) is 107 cm³/mol. The number of aliphatic imine (C=N–C) groups is 1. The van der Waals surface area contributed by atoms with Gasteiger partial charge in [0.05, 0.1) is 20.5 Å². The van der Waals surface area contributed by atoms with Crippen molar-refractivity contribution in [1.82, 2.24) is 9.29 Å². The second kappa shape index (κ2) is 7.39. The third-order valence-corrected chi connectivity index (χ3v) is 7.99. The molecule has 1 aliphatic heterocycles. The number of hydrogen-bond acceptors (Lipinski definition) is 7. The van der Waals surface area contributed by atoms with E-state index in [4.69, 9.17) is 17.3 Å². The first kappa shape index (κ1) is 22.3. The zero-order valence-corrected chi connectivity index (χ0v) is 17.9. The van der Waals surface area contributed by atoms with Crippen molar-refractivity contribution in [2.75, 3.05) is 18.1 Å². The Hall–Kier alpha value is -2.38. The largest absolute Gasteiger partial charge is 0.433 e. The van der Waals surface area contributed by atoms with Crippen LogP contribution >= 0.6 is 22.9 Å². The van der Waals surface area contributed by atoms with Crippen molar-refractivity contribution in [2.45, 2.75) is 18.6 Å². The van der Waals surface area contributed by atoms with E-state index in [1.54, 1.807) is 0 Å². The number of nitrogens with one attached hydrogen (secondary N) is 1. The molecular formula is C16H15ClF3N5O3S2. The van der Waals surface area contributed by atoms with E-state index >= 15 is 0 Å². The number of anilines is 1. The zero-order chi connectivity index (χ0) is 22.5. The number of alkyl halides is 3. The highest BCUT2D eigenvalue weighted by Gasteiger charge is 2.42. The van der Waals surface area contributed by atoms with Gasteiger partial charge in [-0.05, 0) is 25.1 Å². The number of rotatable bonds is 3. The maximum atomic E-state index is 12.8. The molecule has 2 aromatic rings. The van der Waals surface area contributed by atoms with Crippen LogP contribution in [0, 0.1) is 0 Å². The van der Waals surface area contributed by atoms with Gasteiger partial charge in [-0.1, -0.05) is 17.7 Å². The Kier molecular flexibility index (Phi) is 5.50. The molecule has 2 aromatic heterocycles. The molecule has 1 aliphatic rings. The summed E-state index contributed by atoms with van der Waals surface area (Å²) in [7, 11) is -2.48. The lowest BCUT2D eigenvalue weighted by atomic mass is 10.0. The fourth-order valence-electron chi connectivity index (χ4n) is 2.75. The Labute approximate surface area is 178 Å². The molecule has 0 saturated heterocycles. The summed E-state index contributed by atoms with van der Waals surface area (Å²) >= 11 is 7.09. The highest BCUT2D eigenvalue weighted by molar-refractivity contribution is 7.89. The molecule has 14 heteroatoms. The zero-order valence-electron chi connectivity index (χ0n) is 15.5. The average molecular weight is 482 g/mol. The van der Waals surface area contributed by atoms with Crippen LogP contribution in [0.5, 0.6) is 0 Å². The van der Waals surface area contributed by atoms with Gasteiger partial charge in [0.25, 0.3) is 5.91 Å². The SMILES string of the molecule is CN1C(N)=N[C@](C)(c2sc(C(=O)Nc3cccc(C(F)(F)F)n3)cc2Cl)CS1(=O)=O. The summed E-state index contributed by atoms with van der Waals surface area (Å²) < 4.78 is 63.9. The van der Waals surface area contributed by atoms with E-state index in [-0.39, 0.29) is 26.6 Å². The summed E-state index contributed by atoms with van der Waals surface area (Å²) in [4.78, 5) is 20.4. The monoisotopic (exact) mass is 481 g/mol. The van der Waals surface area contributed by atoms with E-state index in [1.165, 1.54) is 26.1 Å². The van der Waals surface area contributed by atoms with Crippen LogP contribution < -0.4 is 11.1 Å². The molecule has 0 unspecified atom stereocenters. The number of pyridine rings is 1. The van der Waals surface area contributed by atoms with Gasteiger partial charge in [0, 0.05) is 7.05 Å². The minimum absolute atomic E-state index is 0.0422. The van der Waals surface area contributed by atoms with E-state index in [0.29, 0.717) is 0 Å². The van der Waals surface area contributed by atoms with Gasteiger partial charge in [0.1, 0.15) is 17.1 Å². The highest BCUT2D eigenvalue weighted by Crippen LogP contribution is 2.41. The summed E-state index contributed by atoms with van der Waals surface area (Å²) in [5.74, 6) is -1.70. The number of nitrogens with zero attached hydrogens (tertiary/aromatic N) is 3. The van der Waals surface area contributed by atoms with Crippen LogP contribution in [0.2, 0.25) is 5.02 Å². The quantitative estimate of drug-likeness (QED) is 0.699. The first-order valence-electron chi connectivity index (χ1n) is 8.20. The Morgan fingerprint density at radius 1 is 1.40 bits per heavy atom. The molecule has 8 nitrogen and oxygen atoms in total. The number of amides is 1. The Balaban J connectivity index is 1.91. The molecule has 0 bridgehead atoms. The van der Waals surface area contributed by atoms with Gasteiger partial charge < -0.3 is 11.1 Å². The van der Waals surface area contributed by atoms with Gasteiger partial charge >= 0.3 is 6.18 Å². The summed E-state index contributed by atoms with van der Waals surface area (Å²) in [6, 6.07) is 4.38. The molecule has 0 spiro atoms. The molecule has 1 amide bonds. The predicted octanol–water partition coefficient (Wildman–Crippen LogP) is 2.87. The molecule has 3 N–H and O–H groups in total. The number of nitrogens with two attached hydrogens (primary N) is 1. The van der Waals surface area contributed by atoms with Crippen molar-refractivity contribution < 1.29 is 26.4 Å². The van der Waals surface area contributed by atoms with Crippen molar-refractivity contribution in [3.63, 3.8) is 0 Å². The average Bonchev–Trinajstić information content (AvgIpc) is 3.02. The molecule has 0 radical (unpaired) electrons. The van der Waals surface area contributed by atoms with Gasteiger partial charge in [-0.3, -0.25) is 4.79 Å². The molecule has 30 heavy (non-hydrogen) atoms. The Morgan fingerprint density at radius 3 is 2.67 bits per heavy atom. The van der Waals surface area contributed by atoms with Crippen molar-refractivity contribution in [2.24, 2.45) is 10.7 Å². The second-order valence-electron chi connectivity index (χ2n) is 6.62. The van der Waals surface area contributed by atoms with E-state index in [2.05, 4.69) is 15.3 Å². The minimum atomic E-state index is -4.66. The molecule has 3 rings (SSSR count). The Morgan fingerprint density at radius 2 is 2.07 bits per heavy atom. The van der Waals surface area contributed by atoms with Crippen LogP contribution in [-0.4, -0.2) is 42.4 Å². The number of sulfonamides is 1. The molecule has 3 heterocycles. The molecule has 1 atom stereocenters. The van der Waals surface area contributed by atoms with Crippen molar-refractivity contribution in [3.8, 4) is 0 Å². The summed E-state index contributed by atoms with van der Waals surface area (Å²) in [6.45, 7) is 1.51. The third-order valence-electron chi connectivity index (χ3n) is 4.25. The summed E-state index contributed by atoms with van der Waals surface area (Å²) in [5.41, 5.74) is 3.23. The highest BCUT2D eigenvalue weighted by atomic mass is 35.5.